The molecule has 1 saturated heterocycles. The van der Waals surface area contributed by atoms with Crippen molar-refractivity contribution in [1.82, 2.24) is 20.2 Å². The van der Waals surface area contributed by atoms with E-state index < -0.39 is 0 Å². The third-order valence-corrected chi connectivity index (χ3v) is 3.64. The van der Waals surface area contributed by atoms with E-state index >= 15 is 0 Å². The second-order valence-electron chi connectivity index (χ2n) is 5.38. The molecule has 2 heterocycles. The Kier molecular flexibility index (Phi) is 4.71. The lowest BCUT2D eigenvalue weighted by atomic mass is 10.1. The fourth-order valence-corrected chi connectivity index (χ4v) is 2.45. The van der Waals surface area contributed by atoms with Gasteiger partial charge in [-0.25, -0.2) is 4.98 Å². The molecule has 0 radical (unpaired) electrons. The predicted molar refractivity (Wildman–Crippen MR) is 75.5 cm³/mol. The van der Waals surface area contributed by atoms with Gasteiger partial charge in [0.05, 0.1) is 7.11 Å². The van der Waals surface area contributed by atoms with Crippen molar-refractivity contribution in [1.29, 1.82) is 0 Å². The van der Waals surface area contributed by atoms with Gasteiger partial charge in [-0.05, 0) is 20.0 Å². The molecule has 1 aliphatic rings. The molecule has 1 aliphatic heterocycles. The van der Waals surface area contributed by atoms with Crippen LogP contribution in [-0.2, 0) is 0 Å². The number of nitrogens with zero attached hydrogens (tertiary/aromatic N) is 3. The molecule has 1 fully saturated rings. The van der Waals surface area contributed by atoms with Crippen molar-refractivity contribution >= 4 is 0 Å². The van der Waals surface area contributed by atoms with E-state index in [1.54, 1.807) is 7.11 Å². The molecule has 0 aromatic carbocycles. The van der Waals surface area contributed by atoms with Crippen molar-refractivity contribution in [2.75, 3.05) is 33.8 Å². The first-order valence-corrected chi connectivity index (χ1v) is 6.95. The van der Waals surface area contributed by atoms with Crippen LogP contribution < -0.4 is 10.1 Å². The van der Waals surface area contributed by atoms with Crippen LogP contribution in [0.2, 0.25) is 0 Å². The van der Waals surface area contributed by atoms with Gasteiger partial charge in [-0.3, -0.25) is 4.90 Å². The first-order chi connectivity index (χ1) is 9.13. The maximum Gasteiger partial charge on any atom is 0.221 e. The summed E-state index contributed by atoms with van der Waals surface area (Å²) in [6, 6.07) is 0.325. The minimum atomic E-state index is 0.316. The van der Waals surface area contributed by atoms with Crippen LogP contribution in [0.1, 0.15) is 43.6 Å². The Morgan fingerprint density at radius 2 is 2.21 bits per heavy atom. The van der Waals surface area contributed by atoms with Gasteiger partial charge in [0.15, 0.2) is 0 Å². The van der Waals surface area contributed by atoms with E-state index in [9.17, 15) is 0 Å². The average molecular weight is 264 g/mol. The summed E-state index contributed by atoms with van der Waals surface area (Å²) in [5.41, 5.74) is 1.10. The highest BCUT2D eigenvalue weighted by Gasteiger charge is 2.24. The summed E-state index contributed by atoms with van der Waals surface area (Å²) in [4.78, 5) is 11.4. The maximum absolute atomic E-state index is 5.48. The third-order valence-electron chi connectivity index (χ3n) is 3.64. The first-order valence-electron chi connectivity index (χ1n) is 6.95. The van der Waals surface area contributed by atoms with Gasteiger partial charge in [-0.15, -0.1) is 0 Å². The summed E-state index contributed by atoms with van der Waals surface area (Å²) < 4.78 is 5.48. The largest absolute Gasteiger partial charge is 0.481 e. The number of nitrogens with one attached hydrogen (secondary N) is 1. The molecule has 5 nitrogen and oxygen atoms in total. The monoisotopic (exact) mass is 264 g/mol. The normalized spacial score (nSPS) is 21.4. The third kappa shape index (κ3) is 3.22. The summed E-state index contributed by atoms with van der Waals surface area (Å²) in [5, 5.41) is 3.42. The molecule has 0 spiro atoms. The summed E-state index contributed by atoms with van der Waals surface area (Å²) >= 11 is 0. The van der Waals surface area contributed by atoms with Gasteiger partial charge in [-0.1, -0.05) is 13.8 Å². The van der Waals surface area contributed by atoms with Gasteiger partial charge in [0, 0.05) is 36.8 Å². The summed E-state index contributed by atoms with van der Waals surface area (Å²) in [6.45, 7) is 7.26. The number of ether oxygens (including phenoxy) is 1. The highest BCUT2D eigenvalue weighted by molar-refractivity contribution is 5.28. The Morgan fingerprint density at radius 1 is 1.42 bits per heavy atom. The fraction of sp³-hybridized carbons (Fsp3) is 0.714. The molecule has 106 valence electrons. The van der Waals surface area contributed by atoms with E-state index in [1.807, 2.05) is 6.20 Å². The Hall–Kier alpha value is -1.20. The molecule has 19 heavy (non-hydrogen) atoms. The Balaban J connectivity index is 2.32. The smallest absolute Gasteiger partial charge is 0.221 e. The SMILES string of the molecule is COc1nc(C(C)C)ncc1C1CCNCCN1C. The van der Waals surface area contributed by atoms with E-state index in [4.69, 9.17) is 4.74 Å². The maximum atomic E-state index is 5.48. The summed E-state index contributed by atoms with van der Waals surface area (Å²) in [7, 11) is 3.83. The molecule has 0 aliphatic carbocycles. The zero-order valence-corrected chi connectivity index (χ0v) is 12.3. The standard InChI is InChI=1S/C14H24N4O/c1-10(2)13-16-9-11(14(17-13)19-4)12-5-6-15-7-8-18(12)3/h9-10,12,15H,5-8H2,1-4H3. The number of rotatable bonds is 3. The van der Waals surface area contributed by atoms with Crippen molar-refractivity contribution in [3.05, 3.63) is 17.6 Å². The van der Waals surface area contributed by atoms with Crippen LogP contribution in [0.3, 0.4) is 0 Å². The van der Waals surface area contributed by atoms with Crippen molar-refractivity contribution in [2.24, 2.45) is 0 Å². The molecule has 0 amide bonds. The van der Waals surface area contributed by atoms with Crippen molar-refractivity contribution in [3.8, 4) is 5.88 Å². The Labute approximate surface area is 115 Å². The quantitative estimate of drug-likeness (QED) is 0.898. The number of methoxy groups -OCH3 is 1. The van der Waals surface area contributed by atoms with Crippen LogP contribution in [0.25, 0.3) is 0 Å². The first kappa shape index (κ1) is 14.2. The molecule has 1 aromatic rings. The molecule has 0 saturated carbocycles. The molecule has 1 atom stereocenters. The molecule has 2 rings (SSSR count). The van der Waals surface area contributed by atoms with Gasteiger partial charge in [0.25, 0.3) is 0 Å². The number of likely N-dealkylation sites (N-methyl/N-ethyl adjacent to an activating group) is 1. The van der Waals surface area contributed by atoms with Crippen molar-refractivity contribution in [3.63, 3.8) is 0 Å². The van der Waals surface area contributed by atoms with Gasteiger partial charge < -0.3 is 10.1 Å². The van der Waals surface area contributed by atoms with Crippen LogP contribution in [0.5, 0.6) is 5.88 Å². The summed E-state index contributed by atoms with van der Waals surface area (Å²) in [5.74, 6) is 1.88. The molecule has 0 bridgehead atoms. The minimum Gasteiger partial charge on any atom is -0.481 e. The van der Waals surface area contributed by atoms with E-state index in [0.29, 0.717) is 12.0 Å². The second-order valence-corrected chi connectivity index (χ2v) is 5.38. The van der Waals surface area contributed by atoms with Crippen LogP contribution in [0.4, 0.5) is 0 Å². The zero-order valence-electron chi connectivity index (χ0n) is 12.3. The topological polar surface area (TPSA) is 50.3 Å². The molecular formula is C14H24N4O. The number of hydrogen-bond donors (Lipinski definition) is 1. The van der Waals surface area contributed by atoms with Crippen LogP contribution in [0, 0.1) is 0 Å². The van der Waals surface area contributed by atoms with Crippen LogP contribution in [-0.4, -0.2) is 48.7 Å². The Morgan fingerprint density at radius 3 is 2.89 bits per heavy atom. The van der Waals surface area contributed by atoms with Crippen LogP contribution >= 0.6 is 0 Å². The lowest BCUT2D eigenvalue weighted by molar-refractivity contribution is 0.248. The fourth-order valence-electron chi connectivity index (χ4n) is 2.45. The van der Waals surface area contributed by atoms with Gasteiger partial charge in [-0.2, -0.15) is 4.98 Å². The number of hydrogen-bond acceptors (Lipinski definition) is 5. The minimum absolute atomic E-state index is 0.316. The molecule has 1 N–H and O–H groups in total. The highest BCUT2D eigenvalue weighted by atomic mass is 16.5. The lowest BCUT2D eigenvalue weighted by Crippen LogP contribution is -2.27. The second kappa shape index (κ2) is 6.30. The van der Waals surface area contributed by atoms with Crippen molar-refractivity contribution < 1.29 is 4.74 Å². The predicted octanol–water partition coefficient (Wildman–Crippen LogP) is 1.57. The average Bonchev–Trinajstić information content (AvgIpc) is 2.62. The van der Waals surface area contributed by atoms with Gasteiger partial charge in [0.2, 0.25) is 5.88 Å². The van der Waals surface area contributed by atoms with Gasteiger partial charge in [0.1, 0.15) is 5.82 Å². The molecule has 5 heteroatoms. The molecular weight excluding hydrogens is 240 g/mol. The molecule has 1 aromatic heterocycles. The number of aromatic nitrogens is 2. The van der Waals surface area contributed by atoms with Crippen LogP contribution in [0.15, 0.2) is 6.20 Å². The zero-order chi connectivity index (χ0) is 13.8. The summed E-state index contributed by atoms with van der Waals surface area (Å²) in [6.07, 6.45) is 2.99. The molecule has 1 unspecified atom stereocenters. The van der Waals surface area contributed by atoms with E-state index in [1.165, 1.54) is 0 Å². The van der Waals surface area contributed by atoms with E-state index in [-0.39, 0.29) is 0 Å². The lowest BCUT2D eigenvalue weighted by Gasteiger charge is -2.26. The van der Waals surface area contributed by atoms with Gasteiger partial charge >= 0.3 is 0 Å². The van der Waals surface area contributed by atoms with E-state index in [2.05, 4.69) is 41.1 Å². The highest BCUT2D eigenvalue weighted by Crippen LogP contribution is 2.30. The van der Waals surface area contributed by atoms with Crippen molar-refractivity contribution in [2.45, 2.75) is 32.2 Å². The van der Waals surface area contributed by atoms with E-state index in [0.717, 1.165) is 43.3 Å². The Bertz CT molecular complexity index is 422.